The molecule has 0 aromatic rings. The van der Waals surface area contributed by atoms with Crippen molar-refractivity contribution in [3.63, 3.8) is 0 Å². The quantitative estimate of drug-likeness (QED) is 0.571. The largest absolute Gasteiger partial charge is 0.459 e. The minimum Gasteiger partial charge on any atom is -0.459 e. The number of allylic oxidation sites excluding steroid dienone is 2. The molecular formula is C15H22O3. The second-order valence-corrected chi connectivity index (χ2v) is 6.58. The van der Waals surface area contributed by atoms with Crippen molar-refractivity contribution < 1.29 is 14.3 Å². The Hall–Kier alpha value is -1.12. The van der Waals surface area contributed by atoms with Crippen LogP contribution in [0.2, 0.25) is 0 Å². The molecule has 3 heteroatoms. The van der Waals surface area contributed by atoms with Gasteiger partial charge in [-0.1, -0.05) is 19.9 Å². The first kappa shape index (κ1) is 13.3. The molecule has 3 atom stereocenters. The molecule has 1 saturated heterocycles. The lowest BCUT2D eigenvalue weighted by Gasteiger charge is -2.55. The third-order valence-corrected chi connectivity index (χ3v) is 4.58. The Morgan fingerprint density at radius 3 is 2.50 bits per heavy atom. The maximum Gasteiger partial charge on any atom is 0.306 e. The van der Waals surface area contributed by atoms with Crippen LogP contribution in [0.25, 0.3) is 0 Å². The van der Waals surface area contributed by atoms with Crippen molar-refractivity contribution in [3.05, 3.63) is 12.2 Å². The second kappa shape index (κ2) is 4.22. The third kappa shape index (κ3) is 2.23. The predicted molar refractivity (Wildman–Crippen MR) is 68.9 cm³/mol. The van der Waals surface area contributed by atoms with Gasteiger partial charge in [-0.05, 0) is 44.1 Å². The summed E-state index contributed by atoms with van der Waals surface area (Å²) >= 11 is 0. The molecule has 0 aromatic carbocycles. The Labute approximate surface area is 109 Å². The number of carbonyl (C=O) groups is 2. The fourth-order valence-corrected chi connectivity index (χ4v) is 3.42. The average Bonchev–Trinajstić information content (AvgIpc) is 2.56. The van der Waals surface area contributed by atoms with Crippen LogP contribution in [0.1, 0.15) is 47.0 Å². The molecule has 2 fully saturated rings. The van der Waals surface area contributed by atoms with E-state index in [-0.39, 0.29) is 22.8 Å². The molecule has 2 aliphatic rings. The van der Waals surface area contributed by atoms with Gasteiger partial charge in [0.05, 0.1) is 0 Å². The first-order valence-corrected chi connectivity index (χ1v) is 6.65. The van der Waals surface area contributed by atoms with Gasteiger partial charge in [0.25, 0.3) is 0 Å². The van der Waals surface area contributed by atoms with Gasteiger partial charge >= 0.3 is 5.97 Å². The standard InChI is InChI=1S/C15H22O3/c1-10(16)5-6-11-12(9-14(11,2)3)15(4)8-7-13(17)18-15/h5-6,11-12H,7-9H2,1-4H3. The fourth-order valence-electron chi connectivity index (χ4n) is 3.42. The Morgan fingerprint density at radius 1 is 1.39 bits per heavy atom. The summed E-state index contributed by atoms with van der Waals surface area (Å²) in [5, 5.41) is 0. The molecular weight excluding hydrogens is 228 g/mol. The van der Waals surface area contributed by atoms with E-state index >= 15 is 0 Å². The van der Waals surface area contributed by atoms with Crippen LogP contribution in [-0.4, -0.2) is 17.4 Å². The normalized spacial score (nSPS) is 38.6. The number of rotatable bonds is 3. The van der Waals surface area contributed by atoms with Crippen LogP contribution in [0.5, 0.6) is 0 Å². The van der Waals surface area contributed by atoms with Gasteiger partial charge in [0, 0.05) is 12.3 Å². The first-order chi connectivity index (χ1) is 8.24. The summed E-state index contributed by atoms with van der Waals surface area (Å²) in [6.45, 7) is 8.01. The van der Waals surface area contributed by atoms with Crippen molar-refractivity contribution in [3.8, 4) is 0 Å². The van der Waals surface area contributed by atoms with Crippen LogP contribution in [0.3, 0.4) is 0 Å². The van der Waals surface area contributed by atoms with Gasteiger partial charge in [-0.3, -0.25) is 9.59 Å². The Bertz CT molecular complexity index is 408. The van der Waals surface area contributed by atoms with Crippen LogP contribution in [0.4, 0.5) is 0 Å². The lowest BCUT2D eigenvalue weighted by Crippen LogP contribution is -2.53. The summed E-state index contributed by atoms with van der Waals surface area (Å²) in [7, 11) is 0. The maximum absolute atomic E-state index is 11.3. The van der Waals surface area contributed by atoms with Crippen molar-refractivity contribution >= 4 is 11.8 Å². The lowest BCUT2D eigenvalue weighted by molar-refractivity contribution is -0.166. The number of ether oxygens (including phenoxy) is 1. The smallest absolute Gasteiger partial charge is 0.306 e. The van der Waals surface area contributed by atoms with Crippen LogP contribution in [0, 0.1) is 17.3 Å². The molecule has 3 unspecified atom stereocenters. The van der Waals surface area contributed by atoms with E-state index in [0.717, 1.165) is 12.8 Å². The van der Waals surface area contributed by atoms with E-state index < -0.39 is 0 Å². The van der Waals surface area contributed by atoms with E-state index in [9.17, 15) is 9.59 Å². The molecule has 18 heavy (non-hydrogen) atoms. The monoisotopic (exact) mass is 250 g/mol. The highest BCUT2D eigenvalue weighted by molar-refractivity contribution is 5.87. The van der Waals surface area contributed by atoms with Crippen molar-refractivity contribution in [1.29, 1.82) is 0 Å². The zero-order valence-corrected chi connectivity index (χ0v) is 11.7. The minimum absolute atomic E-state index is 0.0741. The average molecular weight is 250 g/mol. The predicted octanol–water partition coefficient (Wildman–Crippen LogP) is 2.89. The van der Waals surface area contributed by atoms with Gasteiger partial charge in [0.15, 0.2) is 5.78 Å². The summed E-state index contributed by atoms with van der Waals surface area (Å²) in [6, 6.07) is 0. The summed E-state index contributed by atoms with van der Waals surface area (Å²) in [5.41, 5.74) is -0.146. The first-order valence-electron chi connectivity index (χ1n) is 6.65. The highest BCUT2D eigenvalue weighted by Crippen LogP contribution is 2.58. The van der Waals surface area contributed by atoms with Gasteiger partial charge in [0.2, 0.25) is 0 Å². The van der Waals surface area contributed by atoms with Crippen molar-refractivity contribution in [1.82, 2.24) is 0 Å². The van der Waals surface area contributed by atoms with E-state index in [0.29, 0.717) is 18.3 Å². The van der Waals surface area contributed by atoms with Gasteiger partial charge in [0.1, 0.15) is 5.60 Å². The number of esters is 1. The van der Waals surface area contributed by atoms with Crippen molar-refractivity contribution in [2.24, 2.45) is 17.3 Å². The van der Waals surface area contributed by atoms with Gasteiger partial charge in [-0.2, -0.15) is 0 Å². The number of ketones is 1. The zero-order chi connectivity index (χ0) is 13.6. The molecule has 0 amide bonds. The molecule has 1 aliphatic heterocycles. The number of carbonyl (C=O) groups excluding carboxylic acids is 2. The highest BCUT2D eigenvalue weighted by Gasteiger charge is 2.56. The summed E-state index contributed by atoms with van der Waals surface area (Å²) in [4.78, 5) is 22.4. The van der Waals surface area contributed by atoms with E-state index in [4.69, 9.17) is 4.74 Å². The van der Waals surface area contributed by atoms with E-state index in [1.165, 1.54) is 0 Å². The molecule has 0 aromatic heterocycles. The summed E-state index contributed by atoms with van der Waals surface area (Å²) in [5.74, 6) is 0.647. The van der Waals surface area contributed by atoms with Gasteiger partial charge < -0.3 is 4.74 Å². The molecule has 0 N–H and O–H groups in total. The van der Waals surface area contributed by atoms with Crippen LogP contribution in [-0.2, 0) is 14.3 Å². The number of hydrogen-bond acceptors (Lipinski definition) is 3. The fraction of sp³-hybridized carbons (Fsp3) is 0.733. The van der Waals surface area contributed by atoms with E-state index in [1.807, 2.05) is 13.0 Å². The van der Waals surface area contributed by atoms with Crippen LogP contribution < -0.4 is 0 Å². The second-order valence-electron chi connectivity index (χ2n) is 6.58. The Kier molecular flexibility index (Phi) is 3.12. The highest BCUT2D eigenvalue weighted by atomic mass is 16.6. The van der Waals surface area contributed by atoms with E-state index in [2.05, 4.69) is 13.8 Å². The molecule has 0 spiro atoms. The lowest BCUT2D eigenvalue weighted by atomic mass is 9.51. The van der Waals surface area contributed by atoms with Crippen molar-refractivity contribution in [2.75, 3.05) is 0 Å². The topological polar surface area (TPSA) is 43.4 Å². The molecule has 1 aliphatic carbocycles. The third-order valence-electron chi connectivity index (χ3n) is 4.58. The van der Waals surface area contributed by atoms with Crippen molar-refractivity contribution in [2.45, 2.75) is 52.6 Å². The molecule has 0 radical (unpaired) electrons. The maximum atomic E-state index is 11.3. The number of hydrogen-bond donors (Lipinski definition) is 0. The zero-order valence-electron chi connectivity index (χ0n) is 11.7. The molecule has 0 bridgehead atoms. The van der Waals surface area contributed by atoms with Gasteiger partial charge in [-0.25, -0.2) is 0 Å². The minimum atomic E-state index is -0.335. The molecule has 3 nitrogen and oxygen atoms in total. The Morgan fingerprint density at radius 2 is 2.06 bits per heavy atom. The summed E-state index contributed by atoms with van der Waals surface area (Å²) in [6.07, 6.45) is 6.03. The van der Waals surface area contributed by atoms with Crippen LogP contribution in [0.15, 0.2) is 12.2 Å². The van der Waals surface area contributed by atoms with E-state index in [1.54, 1.807) is 13.0 Å². The van der Waals surface area contributed by atoms with Gasteiger partial charge in [-0.15, -0.1) is 0 Å². The number of cyclic esters (lactones) is 1. The SMILES string of the molecule is CC(=O)C=CC1C(C2(C)CCC(=O)O2)CC1(C)C. The molecule has 2 rings (SSSR count). The Balaban J connectivity index is 2.15. The van der Waals surface area contributed by atoms with Crippen LogP contribution >= 0.6 is 0 Å². The summed E-state index contributed by atoms with van der Waals surface area (Å²) < 4.78 is 5.53. The molecule has 100 valence electrons. The molecule has 1 heterocycles. The molecule has 1 saturated carbocycles.